The molecule has 0 atom stereocenters. The summed E-state index contributed by atoms with van der Waals surface area (Å²) in [5.74, 6) is 2.09. The van der Waals surface area contributed by atoms with Gasteiger partial charge in [0, 0.05) is 11.6 Å². The van der Waals surface area contributed by atoms with E-state index in [-0.39, 0.29) is 11.9 Å². The molecule has 4 heteroatoms. The summed E-state index contributed by atoms with van der Waals surface area (Å²) in [6, 6.07) is 9.71. The standard InChI is InChI=1S/C19H21NO3/c21-19(18(13-5-6-13)14-7-8-14)23-12-11-22-17-9-10-20-16-4-2-1-3-15(16)17/h1-4,9-10,13-14,18H,5-8,11-12H2. The number of rotatable bonds is 7. The lowest BCUT2D eigenvalue weighted by molar-refractivity contribution is -0.150. The first-order chi connectivity index (χ1) is 11.3. The highest BCUT2D eigenvalue weighted by Crippen LogP contribution is 2.49. The Labute approximate surface area is 135 Å². The van der Waals surface area contributed by atoms with Gasteiger partial charge in [-0.25, -0.2) is 0 Å². The van der Waals surface area contributed by atoms with Gasteiger partial charge in [0.1, 0.15) is 19.0 Å². The van der Waals surface area contributed by atoms with Gasteiger partial charge in [-0.3, -0.25) is 9.78 Å². The zero-order valence-electron chi connectivity index (χ0n) is 13.1. The third kappa shape index (κ3) is 3.31. The summed E-state index contributed by atoms with van der Waals surface area (Å²) in [6.07, 6.45) is 6.50. The monoisotopic (exact) mass is 311 g/mol. The van der Waals surface area contributed by atoms with E-state index >= 15 is 0 Å². The van der Waals surface area contributed by atoms with Gasteiger partial charge in [-0.05, 0) is 55.7 Å². The van der Waals surface area contributed by atoms with Gasteiger partial charge in [0.2, 0.25) is 0 Å². The quantitative estimate of drug-likeness (QED) is 0.579. The van der Waals surface area contributed by atoms with Crippen LogP contribution in [-0.2, 0) is 9.53 Å². The Hall–Kier alpha value is -2.10. The first kappa shape index (κ1) is 14.5. The summed E-state index contributed by atoms with van der Waals surface area (Å²) in [5.41, 5.74) is 0.907. The first-order valence-electron chi connectivity index (χ1n) is 8.46. The van der Waals surface area contributed by atoms with E-state index in [9.17, 15) is 4.79 Å². The summed E-state index contributed by atoms with van der Waals surface area (Å²) >= 11 is 0. The number of benzene rings is 1. The van der Waals surface area contributed by atoms with Gasteiger partial charge in [0.05, 0.1) is 11.4 Å². The lowest BCUT2D eigenvalue weighted by Crippen LogP contribution is -2.23. The number of esters is 1. The van der Waals surface area contributed by atoms with Crippen LogP contribution >= 0.6 is 0 Å². The van der Waals surface area contributed by atoms with Crippen LogP contribution in [0.4, 0.5) is 0 Å². The molecule has 2 saturated carbocycles. The number of carbonyl (C=O) groups excluding carboxylic acids is 1. The molecule has 2 aromatic rings. The number of aromatic nitrogens is 1. The molecule has 0 bridgehead atoms. The van der Waals surface area contributed by atoms with Crippen LogP contribution < -0.4 is 4.74 Å². The molecule has 0 N–H and O–H groups in total. The SMILES string of the molecule is O=C(OCCOc1ccnc2ccccc12)C(C1CC1)C1CC1. The van der Waals surface area contributed by atoms with E-state index < -0.39 is 0 Å². The average molecular weight is 311 g/mol. The molecule has 120 valence electrons. The zero-order chi connectivity index (χ0) is 15.6. The molecule has 1 aromatic heterocycles. The van der Waals surface area contributed by atoms with Gasteiger partial charge >= 0.3 is 5.97 Å². The van der Waals surface area contributed by atoms with Gasteiger partial charge in [0.25, 0.3) is 0 Å². The third-order valence-corrected chi connectivity index (χ3v) is 4.73. The number of fused-ring (bicyclic) bond motifs is 1. The third-order valence-electron chi connectivity index (χ3n) is 4.73. The fourth-order valence-corrected chi connectivity index (χ4v) is 3.27. The molecular weight excluding hydrogens is 290 g/mol. The number of carbonyl (C=O) groups is 1. The Kier molecular flexibility index (Phi) is 3.90. The van der Waals surface area contributed by atoms with Crippen LogP contribution in [0.25, 0.3) is 10.9 Å². The molecule has 0 saturated heterocycles. The summed E-state index contributed by atoms with van der Waals surface area (Å²) in [5, 5.41) is 0.982. The lowest BCUT2D eigenvalue weighted by atomic mass is 9.98. The summed E-state index contributed by atoms with van der Waals surface area (Å²) < 4.78 is 11.2. The fraction of sp³-hybridized carbons (Fsp3) is 0.474. The predicted octanol–water partition coefficient (Wildman–Crippen LogP) is 3.59. The highest BCUT2D eigenvalue weighted by molar-refractivity contribution is 5.84. The van der Waals surface area contributed by atoms with E-state index in [1.165, 1.54) is 25.7 Å². The van der Waals surface area contributed by atoms with Gasteiger partial charge < -0.3 is 9.47 Å². The first-order valence-corrected chi connectivity index (χ1v) is 8.46. The van der Waals surface area contributed by atoms with Crippen LogP contribution in [0.15, 0.2) is 36.5 Å². The fourth-order valence-electron chi connectivity index (χ4n) is 3.27. The molecule has 4 nitrogen and oxygen atoms in total. The van der Waals surface area contributed by atoms with E-state index in [1.807, 2.05) is 30.3 Å². The molecule has 0 spiro atoms. The number of hydrogen-bond donors (Lipinski definition) is 0. The van der Waals surface area contributed by atoms with E-state index in [0.29, 0.717) is 25.0 Å². The van der Waals surface area contributed by atoms with Crippen LogP contribution in [0.2, 0.25) is 0 Å². The zero-order valence-corrected chi connectivity index (χ0v) is 13.1. The van der Waals surface area contributed by atoms with Crippen molar-refractivity contribution in [3.8, 4) is 5.75 Å². The largest absolute Gasteiger partial charge is 0.489 e. The van der Waals surface area contributed by atoms with Crippen LogP contribution in [0.5, 0.6) is 5.75 Å². The lowest BCUT2D eigenvalue weighted by Gasteiger charge is -2.15. The number of pyridine rings is 1. The molecule has 1 heterocycles. The second-order valence-electron chi connectivity index (χ2n) is 6.54. The van der Waals surface area contributed by atoms with Gasteiger partial charge in [-0.1, -0.05) is 12.1 Å². The molecule has 0 amide bonds. The van der Waals surface area contributed by atoms with Crippen LogP contribution in [0, 0.1) is 17.8 Å². The van der Waals surface area contributed by atoms with E-state index in [1.54, 1.807) is 6.20 Å². The summed E-state index contributed by atoms with van der Waals surface area (Å²) in [7, 11) is 0. The maximum absolute atomic E-state index is 12.2. The Morgan fingerprint density at radius 3 is 2.57 bits per heavy atom. The second-order valence-corrected chi connectivity index (χ2v) is 6.54. The number of hydrogen-bond acceptors (Lipinski definition) is 4. The van der Waals surface area contributed by atoms with Crippen molar-refractivity contribution in [2.24, 2.45) is 17.8 Å². The van der Waals surface area contributed by atoms with Gasteiger partial charge in [-0.15, -0.1) is 0 Å². The number of nitrogens with zero attached hydrogens (tertiary/aromatic N) is 1. The van der Waals surface area contributed by atoms with Crippen molar-refractivity contribution in [2.45, 2.75) is 25.7 Å². The smallest absolute Gasteiger partial charge is 0.309 e. The highest BCUT2D eigenvalue weighted by atomic mass is 16.6. The molecular formula is C19H21NO3. The number of para-hydroxylation sites is 1. The van der Waals surface area contributed by atoms with Crippen LogP contribution in [0.1, 0.15) is 25.7 Å². The van der Waals surface area contributed by atoms with E-state index in [0.717, 1.165) is 16.7 Å². The molecule has 1 aromatic carbocycles. The molecule has 0 unspecified atom stereocenters. The van der Waals surface area contributed by atoms with E-state index in [4.69, 9.17) is 9.47 Å². The molecule has 2 aliphatic carbocycles. The summed E-state index contributed by atoms with van der Waals surface area (Å²) in [4.78, 5) is 16.6. The predicted molar refractivity (Wildman–Crippen MR) is 87.1 cm³/mol. The van der Waals surface area contributed by atoms with Crippen LogP contribution in [0.3, 0.4) is 0 Å². The summed E-state index contributed by atoms with van der Waals surface area (Å²) in [6.45, 7) is 0.688. The Morgan fingerprint density at radius 2 is 1.83 bits per heavy atom. The molecule has 4 rings (SSSR count). The molecule has 0 radical (unpaired) electrons. The topological polar surface area (TPSA) is 48.4 Å². The minimum atomic E-state index is -0.0156. The Bertz CT molecular complexity index is 689. The van der Waals surface area contributed by atoms with Crippen molar-refractivity contribution in [1.82, 2.24) is 4.98 Å². The van der Waals surface area contributed by atoms with Crippen molar-refractivity contribution in [1.29, 1.82) is 0 Å². The minimum absolute atomic E-state index is 0.0156. The van der Waals surface area contributed by atoms with Gasteiger partial charge in [0.15, 0.2) is 0 Å². The Balaban J connectivity index is 1.30. The highest BCUT2D eigenvalue weighted by Gasteiger charge is 2.46. The molecule has 2 aliphatic rings. The molecule has 23 heavy (non-hydrogen) atoms. The molecule has 2 fully saturated rings. The van der Waals surface area contributed by atoms with Crippen molar-refractivity contribution in [3.63, 3.8) is 0 Å². The minimum Gasteiger partial charge on any atom is -0.489 e. The Morgan fingerprint density at radius 1 is 1.09 bits per heavy atom. The number of ether oxygens (including phenoxy) is 2. The maximum Gasteiger partial charge on any atom is 0.309 e. The average Bonchev–Trinajstić information content (AvgIpc) is 3.47. The van der Waals surface area contributed by atoms with E-state index in [2.05, 4.69) is 4.98 Å². The van der Waals surface area contributed by atoms with Gasteiger partial charge in [-0.2, -0.15) is 0 Å². The second kappa shape index (κ2) is 6.19. The maximum atomic E-state index is 12.2. The molecule has 0 aliphatic heterocycles. The van der Waals surface area contributed by atoms with Crippen molar-refractivity contribution in [2.75, 3.05) is 13.2 Å². The van der Waals surface area contributed by atoms with Crippen LogP contribution in [-0.4, -0.2) is 24.2 Å². The van der Waals surface area contributed by atoms with Crippen molar-refractivity contribution < 1.29 is 14.3 Å². The normalized spacial score (nSPS) is 17.4. The van der Waals surface area contributed by atoms with Crippen molar-refractivity contribution >= 4 is 16.9 Å². The van der Waals surface area contributed by atoms with Crippen molar-refractivity contribution in [3.05, 3.63) is 36.5 Å².